The van der Waals surface area contributed by atoms with E-state index in [1.165, 1.54) is 6.07 Å². The fourth-order valence-electron chi connectivity index (χ4n) is 1.67. The molecule has 1 saturated carbocycles. The van der Waals surface area contributed by atoms with Gasteiger partial charge in [0.05, 0.1) is 5.56 Å². The third-order valence-corrected chi connectivity index (χ3v) is 2.85. The van der Waals surface area contributed by atoms with Crippen LogP contribution < -0.4 is 10.6 Å². The molecule has 0 spiro atoms. The Balaban J connectivity index is 1.85. The normalized spacial score (nSPS) is 14.2. The first kappa shape index (κ1) is 13.5. The van der Waals surface area contributed by atoms with Gasteiger partial charge < -0.3 is 15.7 Å². The maximum absolute atomic E-state index is 13.4. The molecule has 19 heavy (non-hydrogen) atoms. The molecule has 1 aromatic rings. The summed E-state index contributed by atoms with van der Waals surface area (Å²) in [6.45, 7) is 0.589. The van der Waals surface area contributed by atoms with E-state index in [4.69, 9.17) is 5.11 Å². The van der Waals surface area contributed by atoms with Crippen LogP contribution >= 0.6 is 0 Å². The minimum atomic E-state index is -1.33. The average Bonchev–Trinajstić information content (AvgIpc) is 3.12. The van der Waals surface area contributed by atoms with Crippen molar-refractivity contribution in [1.82, 2.24) is 5.32 Å². The second-order valence-electron chi connectivity index (χ2n) is 4.53. The summed E-state index contributed by atoms with van der Waals surface area (Å²) in [6.07, 6.45) is 2.62. The smallest absolute Gasteiger partial charge is 0.338 e. The lowest BCUT2D eigenvalue weighted by atomic mass is 10.2. The number of amides is 1. The number of hydrogen-bond acceptors (Lipinski definition) is 3. The Morgan fingerprint density at radius 1 is 1.37 bits per heavy atom. The summed E-state index contributed by atoms with van der Waals surface area (Å²) in [4.78, 5) is 22.2. The maximum atomic E-state index is 13.4. The zero-order valence-electron chi connectivity index (χ0n) is 10.3. The number of hydrogen-bond donors (Lipinski definition) is 3. The molecule has 1 aliphatic carbocycles. The van der Waals surface area contributed by atoms with Gasteiger partial charge >= 0.3 is 5.97 Å². The van der Waals surface area contributed by atoms with Gasteiger partial charge in [0.2, 0.25) is 5.91 Å². The van der Waals surface area contributed by atoms with Crippen LogP contribution in [-0.2, 0) is 4.79 Å². The van der Waals surface area contributed by atoms with Gasteiger partial charge in [-0.05, 0) is 31.0 Å². The number of aromatic carboxylic acids is 1. The van der Waals surface area contributed by atoms with E-state index in [1.54, 1.807) is 0 Å². The van der Waals surface area contributed by atoms with Gasteiger partial charge in [-0.25, -0.2) is 9.18 Å². The summed E-state index contributed by atoms with van der Waals surface area (Å²) in [7, 11) is 0. The first-order valence-corrected chi connectivity index (χ1v) is 6.12. The largest absolute Gasteiger partial charge is 0.478 e. The third kappa shape index (κ3) is 4.03. The van der Waals surface area contributed by atoms with Crippen LogP contribution in [0.4, 0.5) is 10.1 Å². The number of carbonyl (C=O) groups excluding carboxylic acids is 1. The molecular formula is C13H15FN2O3. The molecule has 0 saturated heterocycles. The SMILES string of the molecule is O=C(CCNC1CC1)Nc1ccc(C(=O)O)c(F)c1. The number of carboxylic acid groups (broad SMARTS) is 1. The summed E-state index contributed by atoms with van der Waals surface area (Å²) < 4.78 is 13.4. The van der Waals surface area contributed by atoms with Crippen LogP contribution in [0.2, 0.25) is 0 Å². The van der Waals surface area contributed by atoms with Gasteiger partial charge in [0.15, 0.2) is 0 Å². The summed E-state index contributed by atoms with van der Waals surface area (Å²) in [5.41, 5.74) is -0.146. The van der Waals surface area contributed by atoms with Crippen molar-refractivity contribution in [2.75, 3.05) is 11.9 Å². The molecule has 0 atom stereocenters. The molecule has 0 bridgehead atoms. The lowest BCUT2D eigenvalue weighted by Gasteiger charge is -2.07. The third-order valence-electron chi connectivity index (χ3n) is 2.85. The van der Waals surface area contributed by atoms with Crippen LogP contribution in [0.15, 0.2) is 18.2 Å². The van der Waals surface area contributed by atoms with Crippen molar-refractivity contribution in [1.29, 1.82) is 0 Å². The topological polar surface area (TPSA) is 78.4 Å². The number of benzene rings is 1. The molecule has 1 aliphatic rings. The van der Waals surface area contributed by atoms with Crippen LogP contribution in [0, 0.1) is 5.82 Å². The molecule has 0 aromatic heterocycles. The predicted molar refractivity (Wildman–Crippen MR) is 67.6 cm³/mol. The van der Waals surface area contributed by atoms with Crippen molar-refractivity contribution in [2.45, 2.75) is 25.3 Å². The zero-order chi connectivity index (χ0) is 13.8. The number of rotatable bonds is 6. The lowest BCUT2D eigenvalue weighted by molar-refractivity contribution is -0.116. The molecule has 3 N–H and O–H groups in total. The van der Waals surface area contributed by atoms with Crippen molar-refractivity contribution >= 4 is 17.6 Å². The molecule has 102 valence electrons. The molecule has 0 unspecified atom stereocenters. The van der Waals surface area contributed by atoms with Crippen molar-refractivity contribution < 1.29 is 19.1 Å². The Morgan fingerprint density at radius 3 is 2.68 bits per heavy atom. The molecule has 5 nitrogen and oxygen atoms in total. The quantitative estimate of drug-likeness (QED) is 0.731. The van der Waals surface area contributed by atoms with Gasteiger partial charge in [-0.2, -0.15) is 0 Å². The Bertz CT molecular complexity index is 501. The van der Waals surface area contributed by atoms with E-state index >= 15 is 0 Å². The standard InChI is InChI=1S/C13H15FN2O3/c14-11-7-9(3-4-10(11)13(18)19)16-12(17)5-6-15-8-1-2-8/h3-4,7-8,15H,1-2,5-6H2,(H,16,17)(H,18,19). The van der Waals surface area contributed by atoms with Crippen LogP contribution in [0.1, 0.15) is 29.6 Å². The first-order valence-electron chi connectivity index (χ1n) is 6.12. The molecular weight excluding hydrogens is 251 g/mol. The van der Waals surface area contributed by atoms with Crippen LogP contribution in [0.25, 0.3) is 0 Å². The van der Waals surface area contributed by atoms with Gasteiger partial charge in [0.25, 0.3) is 0 Å². The fourth-order valence-corrected chi connectivity index (χ4v) is 1.67. The molecule has 0 radical (unpaired) electrons. The molecule has 1 amide bonds. The van der Waals surface area contributed by atoms with Crippen LogP contribution in [-0.4, -0.2) is 29.6 Å². The molecule has 1 fully saturated rings. The van der Waals surface area contributed by atoms with E-state index in [0.29, 0.717) is 19.0 Å². The molecule has 0 heterocycles. The van der Waals surface area contributed by atoms with Crippen molar-refractivity contribution in [3.8, 4) is 0 Å². The lowest BCUT2D eigenvalue weighted by Crippen LogP contribution is -2.23. The summed E-state index contributed by atoms with van der Waals surface area (Å²) in [5.74, 6) is -2.42. The van der Waals surface area contributed by atoms with E-state index in [2.05, 4.69) is 10.6 Å². The summed E-state index contributed by atoms with van der Waals surface area (Å²) >= 11 is 0. The minimum Gasteiger partial charge on any atom is -0.478 e. The van der Waals surface area contributed by atoms with Gasteiger partial charge in [0.1, 0.15) is 5.82 Å². The van der Waals surface area contributed by atoms with Crippen molar-refractivity contribution in [3.05, 3.63) is 29.6 Å². The monoisotopic (exact) mass is 266 g/mol. The van der Waals surface area contributed by atoms with E-state index in [9.17, 15) is 14.0 Å². The summed E-state index contributed by atoms with van der Waals surface area (Å²) in [5, 5.41) is 14.4. The Labute approximate surface area is 109 Å². The Morgan fingerprint density at radius 2 is 2.11 bits per heavy atom. The zero-order valence-corrected chi connectivity index (χ0v) is 10.3. The minimum absolute atomic E-state index is 0.226. The summed E-state index contributed by atoms with van der Waals surface area (Å²) in [6, 6.07) is 4.06. The first-order chi connectivity index (χ1) is 9.06. The number of halogens is 1. The number of carboxylic acids is 1. The highest BCUT2D eigenvalue weighted by Gasteiger charge is 2.20. The predicted octanol–water partition coefficient (Wildman–Crippen LogP) is 1.60. The van der Waals surface area contributed by atoms with Crippen LogP contribution in [0.5, 0.6) is 0 Å². The van der Waals surface area contributed by atoms with Gasteiger partial charge in [-0.15, -0.1) is 0 Å². The molecule has 6 heteroatoms. The van der Waals surface area contributed by atoms with E-state index in [-0.39, 0.29) is 11.6 Å². The maximum Gasteiger partial charge on any atom is 0.338 e. The fraction of sp³-hybridized carbons (Fsp3) is 0.385. The highest BCUT2D eigenvalue weighted by molar-refractivity contribution is 5.92. The average molecular weight is 266 g/mol. The number of anilines is 1. The van der Waals surface area contributed by atoms with Crippen LogP contribution in [0.3, 0.4) is 0 Å². The number of carbonyl (C=O) groups is 2. The highest BCUT2D eigenvalue weighted by Crippen LogP contribution is 2.18. The van der Waals surface area contributed by atoms with E-state index < -0.39 is 17.3 Å². The molecule has 2 rings (SSSR count). The molecule has 0 aliphatic heterocycles. The van der Waals surface area contributed by atoms with Crippen molar-refractivity contribution in [2.24, 2.45) is 0 Å². The molecule has 1 aromatic carbocycles. The van der Waals surface area contributed by atoms with E-state index in [1.807, 2.05) is 0 Å². The van der Waals surface area contributed by atoms with Gasteiger partial charge in [-0.1, -0.05) is 0 Å². The Kier molecular flexibility index (Phi) is 4.11. The second kappa shape index (κ2) is 5.79. The second-order valence-corrected chi connectivity index (χ2v) is 4.53. The Hall–Kier alpha value is -1.95. The highest BCUT2D eigenvalue weighted by atomic mass is 19.1. The van der Waals surface area contributed by atoms with Crippen molar-refractivity contribution in [3.63, 3.8) is 0 Å². The number of nitrogens with one attached hydrogen (secondary N) is 2. The van der Waals surface area contributed by atoms with E-state index in [0.717, 1.165) is 25.0 Å². The van der Waals surface area contributed by atoms with Gasteiger partial charge in [0, 0.05) is 24.7 Å². The van der Waals surface area contributed by atoms with Gasteiger partial charge in [-0.3, -0.25) is 4.79 Å².